The fraction of sp³-hybridized carbons (Fsp3) is 0.647. The van der Waals surface area contributed by atoms with E-state index in [0.29, 0.717) is 6.73 Å². The number of rotatable bonds is 8. The molecule has 1 aromatic heterocycles. The Kier molecular flexibility index (Phi) is 7.68. The fourth-order valence-corrected chi connectivity index (χ4v) is 3.11. The number of morpholine rings is 1. The zero-order valence-electron chi connectivity index (χ0n) is 15.4. The summed E-state index contributed by atoms with van der Waals surface area (Å²) in [6.07, 6.45) is 1.85. The third kappa shape index (κ3) is 6.22. The van der Waals surface area contributed by atoms with Crippen LogP contribution in [0.2, 0.25) is 19.1 Å². The van der Waals surface area contributed by atoms with Crippen LogP contribution in [0.25, 0.3) is 0 Å². The minimum atomic E-state index is -0.531. The molecule has 24 heavy (non-hydrogen) atoms. The van der Waals surface area contributed by atoms with Crippen LogP contribution in [0.1, 0.15) is 12.5 Å². The van der Waals surface area contributed by atoms with E-state index in [1.54, 1.807) is 0 Å². The highest BCUT2D eigenvalue weighted by Gasteiger charge is 2.13. The van der Waals surface area contributed by atoms with Gasteiger partial charge in [-0.25, -0.2) is 4.98 Å². The molecule has 134 valence electrons. The molecule has 0 saturated carbocycles. The summed E-state index contributed by atoms with van der Waals surface area (Å²) in [7, 11) is 1.41. The second kappa shape index (κ2) is 9.76. The minimum Gasteiger partial charge on any atom is -0.378 e. The van der Waals surface area contributed by atoms with Crippen molar-refractivity contribution >= 4 is 20.3 Å². The van der Waals surface area contributed by atoms with Gasteiger partial charge in [-0.15, -0.1) is 0 Å². The smallest absolute Gasteiger partial charge is 0.134 e. The van der Waals surface area contributed by atoms with Crippen molar-refractivity contribution in [1.82, 2.24) is 9.99 Å². The predicted molar refractivity (Wildman–Crippen MR) is 102 cm³/mol. The van der Waals surface area contributed by atoms with Crippen LogP contribution in [-0.2, 0) is 9.47 Å². The van der Waals surface area contributed by atoms with Gasteiger partial charge in [-0.1, -0.05) is 13.1 Å². The average molecular weight is 351 g/mol. The SMILES string of the molecule is CC(=NN(C)COCC[SiH](C)C)c1ccnc(N2CCOCC2)c1. The van der Waals surface area contributed by atoms with Crippen LogP contribution in [0.15, 0.2) is 23.4 Å². The van der Waals surface area contributed by atoms with Crippen molar-refractivity contribution in [2.75, 3.05) is 51.6 Å². The van der Waals surface area contributed by atoms with E-state index in [2.05, 4.69) is 34.1 Å². The highest BCUT2D eigenvalue weighted by atomic mass is 28.3. The molecule has 0 bridgehead atoms. The van der Waals surface area contributed by atoms with Crippen LogP contribution in [-0.4, -0.2) is 71.2 Å². The topological polar surface area (TPSA) is 50.2 Å². The molecule has 0 radical (unpaired) electrons. The number of nitrogens with zero attached hydrogens (tertiary/aromatic N) is 4. The van der Waals surface area contributed by atoms with Gasteiger partial charge in [0, 0.05) is 47.3 Å². The molecule has 0 amide bonds. The van der Waals surface area contributed by atoms with Gasteiger partial charge >= 0.3 is 0 Å². The zero-order chi connectivity index (χ0) is 17.4. The molecule has 1 fully saturated rings. The van der Waals surface area contributed by atoms with Gasteiger partial charge in [-0.3, -0.25) is 5.01 Å². The van der Waals surface area contributed by atoms with E-state index in [-0.39, 0.29) is 0 Å². The highest BCUT2D eigenvalue weighted by molar-refractivity contribution is 6.55. The average Bonchev–Trinajstić information content (AvgIpc) is 2.59. The Bertz CT molecular complexity index is 533. The van der Waals surface area contributed by atoms with Gasteiger partial charge in [0.1, 0.15) is 12.5 Å². The van der Waals surface area contributed by atoms with Crippen LogP contribution in [0.5, 0.6) is 0 Å². The van der Waals surface area contributed by atoms with Crippen molar-refractivity contribution in [3.05, 3.63) is 23.9 Å². The van der Waals surface area contributed by atoms with E-state index in [4.69, 9.17) is 9.47 Å². The molecule has 1 aliphatic heterocycles. The van der Waals surface area contributed by atoms with Gasteiger partial charge in [0.25, 0.3) is 0 Å². The minimum absolute atomic E-state index is 0.528. The summed E-state index contributed by atoms with van der Waals surface area (Å²) in [4.78, 5) is 6.74. The number of hydrazone groups is 1. The van der Waals surface area contributed by atoms with E-state index in [0.717, 1.165) is 50.0 Å². The van der Waals surface area contributed by atoms with Crippen LogP contribution in [0.3, 0.4) is 0 Å². The van der Waals surface area contributed by atoms with Gasteiger partial charge in [0.05, 0.1) is 18.9 Å². The summed E-state index contributed by atoms with van der Waals surface area (Å²) in [6, 6.07) is 5.31. The van der Waals surface area contributed by atoms with Crippen LogP contribution in [0.4, 0.5) is 5.82 Å². The molecule has 0 aliphatic carbocycles. The van der Waals surface area contributed by atoms with E-state index < -0.39 is 8.80 Å². The number of aromatic nitrogens is 1. The van der Waals surface area contributed by atoms with E-state index >= 15 is 0 Å². The molecule has 7 heteroatoms. The number of anilines is 1. The van der Waals surface area contributed by atoms with Gasteiger partial charge in [0.15, 0.2) is 0 Å². The van der Waals surface area contributed by atoms with Gasteiger partial charge < -0.3 is 14.4 Å². The maximum Gasteiger partial charge on any atom is 0.134 e. The van der Waals surface area contributed by atoms with Crippen molar-refractivity contribution in [2.24, 2.45) is 5.10 Å². The Morgan fingerprint density at radius 2 is 2.17 bits per heavy atom. The molecule has 0 N–H and O–H groups in total. The summed E-state index contributed by atoms with van der Waals surface area (Å²) < 4.78 is 11.1. The summed E-state index contributed by atoms with van der Waals surface area (Å²) in [5.74, 6) is 0.992. The second-order valence-electron chi connectivity index (χ2n) is 6.57. The first-order valence-electron chi connectivity index (χ1n) is 8.69. The molecule has 0 unspecified atom stereocenters. The molecule has 0 atom stereocenters. The summed E-state index contributed by atoms with van der Waals surface area (Å²) in [5.41, 5.74) is 2.06. The number of pyridine rings is 1. The first kappa shape index (κ1) is 18.9. The Balaban J connectivity index is 1.91. The molecule has 0 aromatic carbocycles. The molecule has 6 nitrogen and oxygen atoms in total. The van der Waals surface area contributed by atoms with E-state index in [1.807, 2.05) is 31.2 Å². The molecule has 1 aromatic rings. The van der Waals surface area contributed by atoms with Crippen LogP contribution < -0.4 is 4.90 Å². The Labute approximate surface area is 147 Å². The van der Waals surface area contributed by atoms with Crippen molar-refractivity contribution in [3.8, 4) is 0 Å². The summed E-state index contributed by atoms with van der Waals surface area (Å²) in [6.45, 7) is 11.4. The van der Waals surface area contributed by atoms with E-state index in [1.165, 1.54) is 6.04 Å². The molecule has 2 heterocycles. The first-order valence-corrected chi connectivity index (χ1v) is 11.8. The molecule has 0 spiro atoms. The van der Waals surface area contributed by atoms with Gasteiger partial charge in [-0.05, 0) is 25.1 Å². The Morgan fingerprint density at radius 1 is 1.42 bits per heavy atom. The van der Waals surface area contributed by atoms with E-state index in [9.17, 15) is 0 Å². The molecule has 1 aliphatic rings. The van der Waals surface area contributed by atoms with Crippen molar-refractivity contribution < 1.29 is 9.47 Å². The predicted octanol–water partition coefficient (Wildman–Crippen LogP) is 2.03. The summed E-state index contributed by atoms with van der Waals surface area (Å²) >= 11 is 0. The normalized spacial score (nSPS) is 15.9. The standard InChI is InChI=1S/C17H30N4O2Si/c1-15(19-20(2)14-23-11-12-24(3)4)16-5-6-18-17(13-16)21-7-9-22-10-8-21/h5-6,13,24H,7-12,14H2,1-4H3. The zero-order valence-corrected chi connectivity index (χ0v) is 16.5. The monoisotopic (exact) mass is 350 g/mol. The first-order chi connectivity index (χ1) is 11.6. The quantitative estimate of drug-likeness (QED) is 0.236. The molecular weight excluding hydrogens is 320 g/mol. The van der Waals surface area contributed by atoms with Gasteiger partial charge in [0.2, 0.25) is 0 Å². The lowest BCUT2D eigenvalue weighted by Crippen LogP contribution is -2.36. The summed E-state index contributed by atoms with van der Waals surface area (Å²) in [5, 5.41) is 6.47. The van der Waals surface area contributed by atoms with Crippen LogP contribution in [0, 0.1) is 0 Å². The lowest BCUT2D eigenvalue weighted by molar-refractivity contribution is 0.0524. The number of ether oxygens (including phenoxy) is 2. The third-order valence-corrected chi connectivity index (χ3v) is 5.33. The lowest BCUT2D eigenvalue weighted by Gasteiger charge is -2.28. The number of hydrogen-bond donors (Lipinski definition) is 0. The molecule has 2 rings (SSSR count). The third-order valence-electron chi connectivity index (χ3n) is 3.94. The molecular formula is C17H30N4O2Si. The van der Waals surface area contributed by atoms with Crippen molar-refractivity contribution in [3.63, 3.8) is 0 Å². The second-order valence-corrected chi connectivity index (χ2v) is 9.93. The van der Waals surface area contributed by atoms with Gasteiger partial charge in [-0.2, -0.15) is 5.10 Å². The molecule has 1 saturated heterocycles. The lowest BCUT2D eigenvalue weighted by atomic mass is 10.2. The maximum absolute atomic E-state index is 5.68. The van der Waals surface area contributed by atoms with Crippen LogP contribution >= 0.6 is 0 Å². The highest BCUT2D eigenvalue weighted by Crippen LogP contribution is 2.15. The maximum atomic E-state index is 5.68. The number of hydrogen-bond acceptors (Lipinski definition) is 6. The van der Waals surface area contributed by atoms with Crippen molar-refractivity contribution in [2.45, 2.75) is 26.1 Å². The van der Waals surface area contributed by atoms with Crippen molar-refractivity contribution in [1.29, 1.82) is 0 Å². The Hall–Kier alpha value is -1.44. The fourth-order valence-electron chi connectivity index (χ4n) is 2.47. The largest absolute Gasteiger partial charge is 0.378 e. The Morgan fingerprint density at radius 3 is 2.88 bits per heavy atom.